The van der Waals surface area contributed by atoms with Gasteiger partial charge >= 0.3 is 0 Å². The molecular formula is C18H18ClNO2. The molecule has 0 spiro atoms. The van der Waals surface area contributed by atoms with Crippen molar-refractivity contribution in [1.82, 2.24) is 4.90 Å². The van der Waals surface area contributed by atoms with E-state index in [9.17, 15) is 4.79 Å². The van der Waals surface area contributed by atoms with E-state index in [1.165, 1.54) is 0 Å². The first-order chi connectivity index (χ1) is 10.6. The maximum atomic E-state index is 12.3. The van der Waals surface area contributed by atoms with E-state index in [4.69, 9.17) is 16.3 Å². The second kappa shape index (κ2) is 6.51. The van der Waals surface area contributed by atoms with Crippen LogP contribution in [0.1, 0.15) is 21.5 Å². The third kappa shape index (κ3) is 3.49. The average Bonchev–Trinajstić information content (AvgIpc) is 2.47. The van der Waals surface area contributed by atoms with Gasteiger partial charge in [0.15, 0.2) is 0 Å². The molecule has 0 bridgehead atoms. The summed E-state index contributed by atoms with van der Waals surface area (Å²) in [5, 5.41) is 0.724. The van der Waals surface area contributed by atoms with Crippen LogP contribution < -0.4 is 0 Å². The minimum absolute atomic E-state index is 0.0787. The first kappa shape index (κ1) is 15.1. The van der Waals surface area contributed by atoms with Crippen LogP contribution in [0.5, 0.6) is 0 Å². The van der Waals surface area contributed by atoms with Gasteiger partial charge in [-0.25, -0.2) is 0 Å². The molecule has 1 heterocycles. The summed E-state index contributed by atoms with van der Waals surface area (Å²) in [5.41, 5.74) is 2.94. The van der Waals surface area contributed by atoms with Crippen LogP contribution in [-0.2, 0) is 11.3 Å². The Labute approximate surface area is 135 Å². The minimum Gasteiger partial charge on any atom is -0.370 e. The van der Waals surface area contributed by atoms with Crippen molar-refractivity contribution in [2.75, 3.05) is 13.1 Å². The Kier molecular flexibility index (Phi) is 4.46. The predicted octanol–water partition coefficient (Wildman–Crippen LogP) is 3.69. The van der Waals surface area contributed by atoms with Crippen molar-refractivity contribution in [3.8, 4) is 0 Å². The lowest BCUT2D eigenvalue weighted by atomic mass is 10.1. The summed E-state index contributed by atoms with van der Waals surface area (Å²) in [6.45, 7) is 3.85. The third-order valence-electron chi connectivity index (χ3n) is 3.80. The standard InChI is InChI=1S/C18H18ClNO2/c1-13-3-2-4-15(9-13)18(21)20-10-17(11-20)22-12-14-5-7-16(19)8-6-14/h2-9,17H,10-12H2,1H3. The fourth-order valence-corrected chi connectivity index (χ4v) is 2.59. The van der Waals surface area contributed by atoms with Crippen LogP contribution in [0.3, 0.4) is 0 Å². The number of nitrogens with zero attached hydrogens (tertiary/aromatic N) is 1. The van der Waals surface area contributed by atoms with Gasteiger partial charge in [-0.05, 0) is 36.8 Å². The van der Waals surface area contributed by atoms with Crippen LogP contribution in [0, 0.1) is 6.92 Å². The van der Waals surface area contributed by atoms with Gasteiger partial charge in [0.25, 0.3) is 5.91 Å². The molecule has 0 aliphatic carbocycles. The number of carbonyl (C=O) groups is 1. The number of aryl methyl sites for hydroxylation is 1. The number of halogens is 1. The summed E-state index contributed by atoms with van der Waals surface area (Å²) in [6.07, 6.45) is 0.115. The first-order valence-electron chi connectivity index (χ1n) is 7.34. The Morgan fingerprint density at radius 3 is 2.64 bits per heavy atom. The highest BCUT2D eigenvalue weighted by atomic mass is 35.5. The van der Waals surface area contributed by atoms with E-state index in [0.717, 1.165) is 21.7 Å². The van der Waals surface area contributed by atoms with Gasteiger partial charge in [-0.15, -0.1) is 0 Å². The molecule has 1 aliphatic rings. The highest BCUT2D eigenvalue weighted by molar-refractivity contribution is 6.30. The van der Waals surface area contributed by atoms with Crippen molar-refractivity contribution in [3.05, 3.63) is 70.2 Å². The highest BCUT2D eigenvalue weighted by Gasteiger charge is 2.31. The van der Waals surface area contributed by atoms with Crippen molar-refractivity contribution in [2.24, 2.45) is 0 Å². The van der Waals surface area contributed by atoms with Crippen molar-refractivity contribution in [1.29, 1.82) is 0 Å². The molecule has 3 rings (SSSR count). The molecule has 0 unspecified atom stereocenters. The maximum absolute atomic E-state index is 12.3. The van der Waals surface area contributed by atoms with E-state index in [1.54, 1.807) is 0 Å². The Morgan fingerprint density at radius 2 is 1.95 bits per heavy atom. The molecule has 4 heteroatoms. The molecule has 22 heavy (non-hydrogen) atoms. The third-order valence-corrected chi connectivity index (χ3v) is 4.05. The van der Waals surface area contributed by atoms with E-state index >= 15 is 0 Å². The van der Waals surface area contributed by atoms with Crippen molar-refractivity contribution < 1.29 is 9.53 Å². The number of rotatable bonds is 4. The summed E-state index contributed by atoms with van der Waals surface area (Å²) in [7, 11) is 0. The topological polar surface area (TPSA) is 29.5 Å². The minimum atomic E-state index is 0.0787. The van der Waals surface area contributed by atoms with E-state index < -0.39 is 0 Å². The SMILES string of the molecule is Cc1cccc(C(=O)N2CC(OCc3ccc(Cl)cc3)C2)c1. The largest absolute Gasteiger partial charge is 0.370 e. The molecular weight excluding hydrogens is 298 g/mol. The molecule has 1 saturated heterocycles. The van der Waals surface area contributed by atoms with Crippen LogP contribution >= 0.6 is 11.6 Å². The molecule has 0 saturated carbocycles. The highest BCUT2D eigenvalue weighted by Crippen LogP contribution is 2.18. The first-order valence-corrected chi connectivity index (χ1v) is 7.71. The number of carbonyl (C=O) groups excluding carboxylic acids is 1. The van der Waals surface area contributed by atoms with Crippen LogP contribution in [0.2, 0.25) is 5.02 Å². The molecule has 2 aromatic carbocycles. The molecule has 0 radical (unpaired) electrons. The smallest absolute Gasteiger partial charge is 0.254 e. The Morgan fingerprint density at radius 1 is 1.23 bits per heavy atom. The molecule has 0 aromatic heterocycles. The maximum Gasteiger partial charge on any atom is 0.254 e. The zero-order valence-corrected chi connectivity index (χ0v) is 13.2. The van der Waals surface area contributed by atoms with Gasteiger partial charge in [0.1, 0.15) is 0 Å². The van der Waals surface area contributed by atoms with Gasteiger partial charge in [-0.1, -0.05) is 41.4 Å². The molecule has 1 fully saturated rings. The van der Waals surface area contributed by atoms with Crippen LogP contribution in [0.15, 0.2) is 48.5 Å². The quantitative estimate of drug-likeness (QED) is 0.861. The number of benzene rings is 2. The van der Waals surface area contributed by atoms with Crippen molar-refractivity contribution in [2.45, 2.75) is 19.6 Å². The van der Waals surface area contributed by atoms with Gasteiger partial charge in [0, 0.05) is 23.7 Å². The number of amides is 1. The fourth-order valence-electron chi connectivity index (χ4n) is 2.46. The Bertz CT molecular complexity index is 663. The lowest BCUT2D eigenvalue weighted by molar-refractivity contribution is -0.0503. The van der Waals surface area contributed by atoms with Gasteiger partial charge in [-0.2, -0.15) is 0 Å². The normalized spacial score (nSPS) is 14.7. The molecule has 0 N–H and O–H groups in total. The monoisotopic (exact) mass is 315 g/mol. The Hall–Kier alpha value is -1.84. The molecule has 2 aromatic rings. The lowest BCUT2D eigenvalue weighted by Crippen LogP contribution is -2.54. The predicted molar refractivity (Wildman–Crippen MR) is 87.1 cm³/mol. The molecule has 1 aliphatic heterocycles. The van der Waals surface area contributed by atoms with Crippen molar-refractivity contribution >= 4 is 17.5 Å². The summed E-state index contributed by atoms with van der Waals surface area (Å²) >= 11 is 5.85. The van der Waals surface area contributed by atoms with Crippen LogP contribution in [0.25, 0.3) is 0 Å². The van der Waals surface area contributed by atoms with E-state index in [2.05, 4.69) is 0 Å². The molecule has 3 nitrogen and oxygen atoms in total. The van der Waals surface area contributed by atoms with E-state index in [1.807, 2.05) is 60.4 Å². The number of likely N-dealkylation sites (tertiary alicyclic amines) is 1. The van der Waals surface area contributed by atoms with Gasteiger partial charge in [0.2, 0.25) is 0 Å². The number of hydrogen-bond acceptors (Lipinski definition) is 2. The number of ether oxygens (including phenoxy) is 1. The summed E-state index contributed by atoms with van der Waals surface area (Å²) in [6, 6.07) is 15.3. The van der Waals surface area contributed by atoms with Gasteiger partial charge < -0.3 is 9.64 Å². The number of hydrogen-bond donors (Lipinski definition) is 0. The van der Waals surface area contributed by atoms with E-state index in [0.29, 0.717) is 19.7 Å². The second-order valence-corrected chi connectivity index (χ2v) is 6.08. The zero-order valence-electron chi connectivity index (χ0n) is 12.5. The summed E-state index contributed by atoms with van der Waals surface area (Å²) in [5.74, 6) is 0.0787. The summed E-state index contributed by atoms with van der Waals surface area (Å²) in [4.78, 5) is 14.1. The van der Waals surface area contributed by atoms with Crippen molar-refractivity contribution in [3.63, 3.8) is 0 Å². The zero-order chi connectivity index (χ0) is 15.5. The van der Waals surface area contributed by atoms with Crippen LogP contribution in [0.4, 0.5) is 0 Å². The van der Waals surface area contributed by atoms with E-state index in [-0.39, 0.29) is 12.0 Å². The summed E-state index contributed by atoms with van der Waals surface area (Å²) < 4.78 is 5.81. The molecule has 114 valence electrons. The van der Waals surface area contributed by atoms with Gasteiger partial charge in [-0.3, -0.25) is 4.79 Å². The Balaban J connectivity index is 1.47. The second-order valence-electron chi connectivity index (χ2n) is 5.64. The lowest BCUT2D eigenvalue weighted by Gasteiger charge is -2.39. The van der Waals surface area contributed by atoms with Crippen LogP contribution in [-0.4, -0.2) is 30.0 Å². The molecule has 1 amide bonds. The van der Waals surface area contributed by atoms with Gasteiger partial charge in [0.05, 0.1) is 12.7 Å². The molecule has 0 atom stereocenters. The fraction of sp³-hybridized carbons (Fsp3) is 0.278. The average molecular weight is 316 g/mol.